The van der Waals surface area contributed by atoms with E-state index in [-0.39, 0.29) is 23.9 Å². The Labute approximate surface area is 77.5 Å². The lowest BCUT2D eigenvalue weighted by molar-refractivity contribution is -0.124. The lowest BCUT2D eigenvalue weighted by Gasteiger charge is -2.28. The van der Waals surface area contributed by atoms with Crippen LogP contribution in [-0.4, -0.2) is 47.3 Å². The third-order valence-corrected chi connectivity index (χ3v) is 3.11. The number of piperidine rings is 1. The van der Waals surface area contributed by atoms with Gasteiger partial charge in [0.2, 0.25) is 0 Å². The topological polar surface area (TPSA) is 40.6 Å². The Morgan fingerprint density at radius 1 is 1.46 bits per heavy atom. The van der Waals surface area contributed by atoms with Crippen molar-refractivity contribution in [3.05, 3.63) is 0 Å². The van der Waals surface area contributed by atoms with Crippen molar-refractivity contribution in [1.82, 2.24) is 9.80 Å². The molecule has 2 fully saturated rings. The zero-order chi connectivity index (χ0) is 9.59. The number of rotatable bonds is 1. The van der Waals surface area contributed by atoms with Crippen molar-refractivity contribution in [2.24, 2.45) is 0 Å². The van der Waals surface area contributed by atoms with Crippen molar-refractivity contribution in [2.75, 3.05) is 13.6 Å². The minimum absolute atomic E-state index is 0.0164. The fourth-order valence-corrected chi connectivity index (χ4v) is 2.19. The van der Waals surface area contributed by atoms with Crippen molar-refractivity contribution in [3.8, 4) is 0 Å². The second-order valence-corrected chi connectivity index (χ2v) is 3.79. The third-order valence-electron chi connectivity index (χ3n) is 3.11. The molecule has 0 N–H and O–H groups in total. The number of nitrogens with zero attached hydrogens (tertiary/aromatic N) is 2. The number of amides is 2. The molecule has 0 spiro atoms. The van der Waals surface area contributed by atoms with Gasteiger partial charge >= 0.3 is 6.03 Å². The normalized spacial score (nSPS) is 33.1. The van der Waals surface area contributed by atoms with E-state index in [1.54, 1.807) is 11.9 Å². The first-order valence-corrected chi connectivity index (χ1v) is 4.71. The van der Waals surface area contributed by atoms with Crippen LogP contribution in [0.1, 0.15) is 19.8 Å². The van der Waals surface area contributed by atoms with Crippen LogP contribution in [0.15, 0.2) is 0 Å². The van der Waals surface area contributed by atoms with Crippen molar-refractivity contribution in [2.45, 2.75) is 31.8 Å². The molecule has 0 aromatic rings. The number of carbonyl (C=O) groups is 2. The molecule has 0 radical (unpaired) electrons. The maximum atomic E-state index is 11.6. The van der Waals surface area contributed by atoms with Gasteiger partial charge in [0.15, 0.2) is 5.78 Å². The lowest BCUT2D eigenvalue weighted by Crippen LogP contribution is -2.44. The molecule has 2 aliphatic heterocycles. The number of urea groups is 1. The Hall–Kier alpha value is -1.06. The smallest absolute Gasteiger partial charge is 0.319 e. The number of ketones is 1. The largest absolute Gasteiger partial charge is 0.320 e. The van der Waals surface area contributed by atoms with Crippen LogP contribution in [0.5, 0.6) is 0 Å². The Morgan fingerprint density at radius 3 is 2.77 bits per heavy atom. The number of likely N-dealkylation sites (N-methyl/N-ethyl adjacent to an activating group) is 1. The number of hydrogen-bond acceptors (Lipinski definition) is 2. The predicted octanol–water partition coefficient (Wildman–Crippen LogP) is 0.474. The molecular weight excluding hydrogens is 168 g/mol. The first-order valence-electron chi connectivity index (χ1n) is 4.71. The van der Waals surface area contributed by atoms with E-state index >= 15 is 0 Å². The molecule has 2 heterocycles. The highest BCUT2D eigenvalue weighted by atomic mass is 16.2. The molecule has 0 aromatic carbocycles. The van der Waals surface area contributed by atoms with Gasteiger partial charge in [0.25, 0.3) is 0 Å². The molecule has 2 aliphatic rings. The number of carbonyl (C=O) groups excluding carboxylic acids is 2. The molecule has 2 bridgehead atoms. The third kappa shape index (κ3) is 1.04. The summed E-state index contributed by atoms with van der Waals surface area (Å²) in [5, 5.41) is 0. The summed E-state index contributed by atoms with van der Waals surface area (Å²) in [6.45, 7) is 2.62. The maximum absolute atomic E-state index is 11.6. The van der Waals surface area contributed by atoms with Gasteiger partial charge in [0, 0.05) is 19.5 Å². The minimum Gasteiger partial charge on any atom is -0.319 e. The molecule has 2 amide bonds. The van der Waals surface area contributed by atoms with Crippen LogP contribution in [0.25, 0.3) is 0 Å². The number of Topliss-reactive ketones (excluding diaryl/α,β-unsaturated/α-hetero) is 1. The second kappa shape index (κ2) is 2.72. The van der Waals surface area contributed by atoms with Crippen LogP contribution in [0.4, 0.5) is 4.79 Å². The molecule has 4 heteroatoms. The van der Waals surface area contributed by atoms with Gasteiger partial charge in [-0.1, -0.05) is 6.92 Å². The van der Waals surface area contributed by atoms with E-state index < -0.39 is 0 Å². The van der Waals surface area contributed by atoms with Crippen LogP contribution in [-0.2, 0) is 4.79 Å². The Morgan fingerprint density at radius 2 is 2.15 bits per heavy atom. The van der Waals surface area contributed by atoms with E-state index in [2.05, 4.69) is 0 Å². The van der Waals surface area contributed by atoms with E-state index in [0.717, 1.165) is 6.42 Å². The summed E-state index contributed by atoms with van der Waals surface area (Å²) in [5.74, 6) is 0.219. The highest BCUT2D eigenvalue weighted by Crippen LogP contribution is 2.27. The summed E-state index contributed by atoms with van der Waals surface area (Å²) in [5.41, 5.74) is 0. The molecule has 0 aromatic heterocycles. The zero-order valence-electron chi connectivity index (χ0n) is 7.99. The molecule has 0 saturated carbocycles. The van der Waals surface area contributed by atoms with Crippen LogP contribution in [0.3, 0.4) is 0 Å². The monoisotopic (exact) mass is 182 g/mol. The van der Waals surface area contributed by atoms with Crippen molar-refractivity contribution in [1.29, 1.82) is 0 Å². The van der Waals surface area contributed by atoms with Gasteiger partial charge in [-0.25, -0.2) is 4.79 Å². The number of fused-ring (bicyclic) bond motifs is 2. The van der Waals surface area contributed by atoms with Gasteiger partial charge in [0.1, 0.15) is 6.04 Å². The summed E-state index contributed by atoms with van der Waals surface area (Å²) >= 11 is 0. The predicted molar refractivity (Wildman–Crippen MR) is 47.4 cm³/mol. The Kier molecular flexibility index (Phi) is 1.78. The van der Waals surface area contributed by atoms with Gasteiger partial charge in [-0.15, -0.1) is 0 Å². The number of hydrogen-bond donors (Lipinski definition) is 0. The maximum Gasteiger partial charge on any atom is 0.320 e. The minimum atomic E-state index is -0.171. The zero-order valence-corrected chi connectivity index (χ0v) is 7.99. The summed E-state index contributed by atoms with van der Waals surface area (Å²) in [6.07, 6.45) is 1.41. The van der Waals surface area contributed by atoms with Crippen molar-refractivity contribution >= 4 is 11.8 Å². The fourth-order valence-electron chi connectivity index (χ4n) is 2.19. The fraction of sp³-hybridized carbons (Fsp3) is 0.778. The molecule has 2 saturated heterocycles. The summed E-state index contributed by atoms with van der Waals surface area (Å²) in [7, 11) is 1.71. The Balaban J connectivity index is 2.27. The van der Waals surface area contributed by atoms with Crippen LogP contribution >= 0.6 is 0 Å². The lowest BCUT2D eigenvalue weighted by atomic mass is 9.97. The van der Waals surface area contributed by atoms with Crippen LogP contribution in [0.2, 0.25) is 0 Å². The molecule has 13 heavy (non-hydrogen) atoms. The summed E-state index contributed by atoms with van der Waals surface area (Å²) < 4.78 is 0. The summed E-state index contributed by atoms with van der Waals surface area (Å²) in [6, 6.07) is -0.0146. The van der Waals surface area contributed by atoms with Gasteiger partial charge in [-0.05, 0) is 6.42 Å². The van der Waals surface area contributed by atoms with E-state index in [4.69, 9.17) is 0 Å². The standard InChI is InChI=1S/C9H14N2O2/c1-3-6-4-8(12)7-5-11(6)9(13)10(7)2/h6-7H,3-5H2,1-2H3/t6-,7?/m1/s1. The molecule has 2 rings (SSSR count). The first kappa shape index (κ1) is 8.53. The molecular formula is C9H14N2O2. The average Bonchev–Trinajstić information content (AvgIpc) is 2.38. The van der Waals surface area contributed by atoms with Crippen molar-refractivity contribution in [3.63, 3.8) is 0 Å². The highest BCUT2D eigenvalue weighted by molar-refractivity contribution is 5.94. The van der Waals surface area contributed by atoms with E-state index in [0.29, 0.717) is 13.0 Å². The van der Waals surface area contributed by atoms with E-state index in [1.165, 1.54) is 0 Å². The van der Waals surface area contributed by atoms with Crippen molar-refractivity contribution < 1.29 is 9.59 Å². The molecule has 4 nitrogen and oxygen atoms in total. The first-order chi connectivity index (χ1) is 6.15. The van der Waals surface area contributed by atoms with E-state index in [9.17, 15) is 9.59 Å². The van der Waals surface area contributed by atoms with Gasteiger partial charge < -0.3 is 9.80 Å². The van der Waals surface area contributed by atoms with Gasteiger partial charge in [-0.3, -0.25) is 4.79 Å². The van der Waals surface area contributed by atoms with Gasteiger partial charge in [-0.2, -0.15) is 0 Å². The van der Waals surface area contributed by atoms with Crippen LogP contribution in [0, 0.1) is 0 Å². The van der Waals surface area contributed by atoms with Gasteiger partial charge in [0.05, 0.1) is 6.54 Å². The highest BCUT2D eigenvalue weighted by Gasteiger charge is 2.46. The quantitative estimate of drug-likeness (QED) is 0.591. The molecule has 2 atom stereocenters. The van der Waals surface area contributed by atoms with Crippen LogP contribution < -0.4 is 0 Å². The molecule has 1 unspecified atom stereocenters. The molecule has 0 aliphatic carbocycles. The summed E-state index contributed by atoms with van der Waals surface area (Å²) in [4.78, 5) is 26.6. The average molecular weight is 182 g/mol. The van der Waals surface area contributed by atoms with E-state index in [1.807, 2.05) is 11.8 Å². The Bertz CT molecular complexity index is 264. The molecule has 72 valence electrons. The SMILES string of the molecule is CC[C@@H]1CC(=O)C2CN1C(=O)N2C. The second-order valence-electron chi connectivity index (χ2n) is 3.79.